The summed E-state index contributed by atoms with van der Waals surface area (Å²) in [7, 11) is 0. The highest BCUT2D eigenvalue weighted by Crippen LogP contribution is 2.20. The minimum Gasteiger partial charge on any atom is -0.379 e. The van der Waals surface area contributed by atoms with Crippen LogP contribution in [0.5, 0.6) is 0 Å². The maximum absolute atomic E-state index is 13.5. The van der Waals surface area contributed by atoms with Gasteiger partial charge in [-0.25, -0.2) is 8.78 Å². The molecule has 0 bridgehead atoms. The molecule has 1 N–H and O–H groups in total. The third kappa shape index (κ3) is 2.92. The number of amides is 1. The van der Waals surface area contributed by atoms with Crippen molar-refractivity contribution in [3.05, 3.63) is 47.8 Å². The first-order chi connectivity index (χ1) is 10.1. The Balaban J connectivity index is 1.72. The van der Waals surface area contributed by atoms with Gasteiger partial charge in [-0.2, -0.15) is 5.10 Å². The van der Waals surface area contributed by atoms with E-state index in [1.165, 1.54) is 6.20 Å². The van der Waals surface area contributed by atoms with E-state index in [2.05, 4.69) is 10.4 Å². The molecule has 2 heterocycles. The van der Waals surface area contributed by atoms with E-state index >= 15 is 0 Å². The fourth-order valence-corrected chi connectivity index (χ4v) is 2.21. The summed E-state index contributed by atoms with van der Waals surface area (Å²) < 4.78 is 33.3. The van der Waals surface area contributed by atoms with Crippen molar-refractivity contribution in [1.82, 2.24) is 9.78 Å². The fourth-order valence-electron chi connectivity index (χ4n) is 2.21. The van der Waals surface area contributed by atoms with Gasteiger partial charge in [0.15, 0.2) is 0 Å². The van der Waals surface area contributed by atoms with Gasteiger partial charge >= 0.3 is 0 Å². The Morgan fingerprint density at radius 3 is 3.00 bits per heavy atom. The lowest BCUT2D eigenvalue weighted by molar-refractivity contribution is 0.102. The Kier molecular flexibility index (Phi) is 3.66. The fraction of sp³-hybridized carbons (Fsp3) is 0.286. The lowest BCUT2D eigenvalue weighted by atomic mass is 10.2. The van der Waals surface area contributed by atoms with E-state index in [-0.39, 0.29) is 11.6 Å². The van der Waals surface area contributed by atoms with Crippen LogP contribution in [0.3, 0.4) is 0 Å². The molecule has 0 spiro atoms. The number of benzene rings is 1. The van der Waals surface area contributed by atoms with Crippen LogP contribution in [0, 0.1) is 11.6 Å². The molecule has 1 aromatic heterocycles. The molecule has 1 aliphatic heterocycles. The van der Waals surface area contributed by atoms with Crippen LogP contribution in [-0.4, -0.2) is 28.9 Å². The Morgan fingerprint density at radius 1 is 1.43 bits per heavy atom. The maximum Gasteiger partial charge on any atom is 0.258 e. The zero-order valence-electron chi connectivity index (χ0n) is 11.1. The van der Waals surface area contributed by atoms with Crippen molar-refractivity contribution >= 4 is 11.6 Å². The summed E-state index contributed by atoms with van der Waals surface area (Å²) in [6.45, 7) is 1.27. The molecule has 0 aliphatic carbocycles. The second-order valence-electron chi connectivity index (χ2n) is 4.80. The second kappa shape index (κ2) is 5.61. The van der Waals surface area contributed by atoms with Crippen molar-refractivity contribution < 1.29 is 18.3 Å². The second-order valence-corrected chi connectivity index (χ2v) is 4.80. The van der Waals surface area contributed by atoms with E-state index in [0.29, 0.717) is 25.0 Å². The average molecular weight is 293 g/mol. The molecule has 1 saturated heterocycles. The van der Waals surface area contributed by atoms with Crippen LogP contribution in [0.4, 0.5) is 14.5 Å². The van der Waals surface area contributed by atoms with Gasteiger partial charge in [0.1, 0.15) is 11.6 Å². The average Bonchev–Trinajstić information content (AvgIpc) is 3.08. The highest BCUT2D eigenvalue weighted by Gasteiger charge is 2.19. The number of nitrogens with one attached hydrogen (secondary N) is 1. The topological polar surface area (TPSA) is 56.2 Å². The van der Waals surface area contributed by atoms with Gasteiger partial charge < -0.3 is 10.1 Å². The van der Waals surface area contributed by atoms with Gasteiger partial charge in [-0.05, 0) is 18.6 Å². The van der Waals surface area contributed by atoms with Crippen LogP contribution < -0.4 is 5.32 Å². The number of hydrogen-bond donors (Lipinski definition) is 1. The SMILES string of the molecule is O=C(Nc1cnn([C@H]2CCOC2)c1)c1ccc(F)cc1F. The van der Waals surface area contributed by atoms with E-state index in [4.69, 9.17) is 4.74 Å². The third-order valence-corrected chi connectivity index (χ3v) is 3.31. The minimum atomic E-state index is -0.899. The summed E-state index contributed by atoms with van der Waals surface area (Å²) in [5.41, 5.74) is 0.240. The van der Waals surface area contributed by atoms with E-state index in [9.17, 15) is 13.6 Å². The molecule has 0 unspecified atom stereocenters. The first-order valence-corrected chi connectivity index (χ1v) is 6.52. The van der Waals surface area contributed by atoms with Crippen LogP contribution in [0.1, 0.15) is 22.8 Å². The maximum atomic E-state index is 13.5. The summed E-state index contributed by atoms with van der Waals surface area (Å²) in [6.07, 6.45) is 4.01. The Morgan fingerprint density at radius 2 is 2.29 bits per heavy atom. The standard InChI is InChI=1S/C14H13F2N3O2/c15-9-1-2-12(13(16)5-9)14(20)18-10-6-17-19(7-10)11-3-4-21-8-11/h1-2,5-7,11H,3-4,8H2,(H,18,20)/t11-/m0/s1. The smallest absolute Gasteiger partial charge is 0.258 e. The highest BCUT2D eigenvalue weighted by atomic mass is 19.1. The largest absolute Gasteiger partial charge is 0.379 e. The number of aromatic nitrogens is 2. The number of nitrogens with zero attached hydrogens (tertiary/aromatic N) is 2. The molecule has 7 heteroatoms. The number of hydrogen-bond acceptors (Lipinski definition) is 3. The van der Waals surface area contributed by atoms with Gasteiger partial charge in [-0.15, -0.1) is 0 Å². The van der Waals surface area contributed by atoms with Crippen LogP contribution in [0.2, 0.25) is 0 Å². The molecular weight excluding hydrogens is 280 g/mol. The first kappa shape index (κ1) is 13.7. The van der Waals surface area contributed by atoms with E-state index in [1.807, 2.05) is 0 Å². The number of carbonyl (C=O) groups excluding carboxylic acids is 1. The predicted molar refractivity (Wildman–Crippen MR) is 71.0 cm³/mol. The van der Waals surface area contributed by atoms with Gasteiger partial charge in [-0.1, -0.05) is 0 Å². The lowest BCUT2D eigenvalue weighted by Crippen LogP contribution is -2.14. The van der Waals surface area contributed by atoms with Crippen LogP contribution >= 0.6 is 0 Å². The highest BCUT2D eigenvalue weighted by molar-refractivity contribution is 6.04. The molecule has 1 fully saturated rings. The zero-order valence-corrected chi connectivity index (χ0v) is 11.1. The molecule has 0 radical (unpaired) electrons. The number of rotatable bonds is 3. The van der Waals surface area contributed by atoms with Crippen molar-refractivity contribution in [3.8, 4) is 0 Å². The van der Waals surface area contributed by atoms with Crippen molar-refractivity contribution in [3.63, 3.8) is 0 Å². The van der Waals surface area contributed by atoms with Crippen LogP contribution in [0.15, 0.2) is 30.6 Å². The molecule has 0 saturated carbocycles. The molecule has 1 atom stereocenters. The molecule has 3 rings (SSSR count). The Bertz CT molecular complexity index is 666. The number of anilines is 1. The van der Waals surface area contributed by atoms with Crippen molar-refractivity contribution in [2.75, 3.05) is 18.5 Å². The predicted octanol–water partition coefficient (Wildman–Crippen LogP) is 2.38. The molecule has 1 amide bonds. The van der Waals surface area contributed by atoms with Gasteiger partial charge in [-0.3, -0.25) is 9.48 Å². The van der Waals surface area contributed by atoms with Gasteiger partial charge in [0.2, 0.25) is 0 Å². The Hall–Kier alpha value is -2.28. The first-order valence-electron chi connectivity index (χ1n) is 6.52. The molecule has 2 aromatic rings. The van der Waals surface area contributed by atoms with E-state index < -0.39 is 17.5 Å². The van der Waals surface area contributed by atoms with Crippen molar-refractivity contribution in [1.29, 1.82) is 0 Å². The number of carbonyl (C=O) groups is 1. The molecular formula is C14H13F2N3O2. The normalized spacial score (nSPS) is 17.9. The number of halogens is 2. The summed E-state index contributed by atoms with van der Waals surface area (Å²) in [6, 6.07) is 2.97. The van der Waals surface area contributed by atoms with Gasteiger partial charge in [0.05, 0.1) is 30.1 Å². The van der Waals surface area contributed by atoms with E-state index in [1.54, 1.807) is 10.9 Å². The zero-order chi connectivity index (χ0) is 14.8. The van der Waals surface area contributed by atoms with Crippen molar-refractivity contribution in [2.45, 2.75) is 12.5 Å². The van der Waals surface area contributed by atoms with Gasteiger partial charge in [0.25, 0.3) is 5.91 Å². The van der Waals surface area contributed by atoms with Crippen LogP contribution in [-0.2, 0) is 4.74 Å². The summed E-state index contributed by atoms with van der Waals surface area (Å²) >= 11 is 0. The van der Waals surface area contributed by atoms with Crippen LogP contribution in [0.25, 0.3) is 0 Å². The number of ether oxygens (including phenoxy) is 1. The molecule has 110 valence electrons. The molecule has 1 aliphatic rings. The molecule has 21 heavy (non-hydrogen) atoms. The Labute approximate surface area is 119 Å². The minimum absolute atomic E-state index is 0.151. The third-order valence-electron chi connectivity index (χ3n) is 3.31. The summed E-state index contributed by atoms with van der Waals surface area (Å²) in [4.78, 5) is 11.9. The molecule has 5 nitrogen and oxygen atoms in total. The monoisotopic (exact) mass is 293 g/mol. The van der Waals surface area contributed by atoms with Gasteiger partial charge in [0, 0.05) is 18.9 Å². The van der Waals surface area contributed by atoms with E-state index in [0.717, 1.165) is 18.6 Å². The lowest BCUT2D eigenvalue weighted by Gasteiger charge is -2.07. The molecule has 1 aromatic carbocycles. The quantitative estimate of drug-likeness (QED) is 0.945. The van der Waals surface area contributed by atoms with Crippen molar-refractivity contribution in [2.24, 2.45) is 0 Å². The summed E-state index contributed by atoms with van der Waals surface area (Å²) in [5, 5.41) is 6.69. The summed E-state index contributed by atoms with van der Waals surface area (Å²) in [5.74, 6) is -2.27.